The van der Waals surface area contributed by atoms with E-state index in [0.717, 1.165) is 0 Å². The van der Waals surface area contributed by atoms with Crippen LogP contribution in [-0.4, -0.2) is 155 Å². The molecule has 67 heavy (non-hydrogen) atoms. The van der Waals surface area contributed by atoms with Crippen molar-refractivity contribution in [3.8, 4) is 0 Å². The molecule has 1 saturated heterocycles. The number of carbonyl (C=O) groups excluding carboxylic acids is 9. The van der Waals surface area contributed by atoms with Gasteiger partial charge in [-0.2, -0.15) is 0 Å². The zero-order valence-corrected chi connectivity index (χ0v) is 39.9. The summed E-state index contributed by atoms with van der Waals surface area (Å²) in [7, 11) is 0. The lowest BCUT2D eigenvalue weighted by Gasteiger charge is -2.30. The lowest BCUT2D eigenvalue weighted by Crippen LogP contribution is -2.62. The van der Waals surface area contributed by atoms with Gasteiger partial charge in [0.25, 0.3) is 0 Å². The van der Waals surface area contributed by atoms with Crippen molar-refractivity contribution in [1.29, 1.82) is 0 Å². The van der Waals surface area contributed by atoms with Crippen molar-refractivity contribution < 1.29 is 58.2 Å². The van der Waals surface area contributed by atoms with Crippen LogP contribution in [0.25, 0.3) is 0 Å². The average molecular weight is 954 g/mol. The minimum Gasteiger partial charge on any atom is -0.480 e. The number of aliphatic hydroxyl groups excluding tert-OH is 1. The van der Waals surface area contributed by atoms with Crippen LogP contribution in [0.2, 0.25) is 0 Å². The molecule has 0 unspecified atom stereocenters. The second-order valence-electron chi connectivity index (χ2n) is 18.1. The molecule has 9 amide bonds. The smallest absolute Gasteiger partial charge is 0.326 e. The molecule has 1 aliphatic rings. The van der Waals surface area contributed by atoms with Crippen LogP contribution < -0.4 is 60.2 Å². The van der Waals surface area contributed by atoms with Crippen molar-refractivity contribution in [1.82, 2.24) is 42.1 Å². The molecule has 0 aromatic carbocycles. The predicted octanol–water partition coefficient (Wildman–Crippen LogP) is -4.26. The van der Waals surface area contributed by atoms with Gasteiger partial charge in [0.15, 0.2) is 5.96 Å². The number of hydrogen-bond donors (Lipinski definition) is 13. The fourth-order valence-corrected chi connectivity index (χ4v) is 7.01. The van der Waals surface area contributed by atoms with E-state index >= 15 is 0 Å². The summed E-state index contributed by atoms with van der Waals surface area (Å²) in [6.07, 6.45) is 1.03. The Balaban J connectivity index is 3.02. The monoisotopic (exact) mass is 954 g/mol. The topological polar surface area (TPSA) is 415 Å². The molecule has 0 saturated carbocycles. The fraction of sp³-hybridized carbons (Fsp3) is 0.738. The van der Waals surface area contributed by atoms with Gasteiger partial charge in [-0.3, -0.25) is 48.1 Å². The molecule has 0 bridgehead atoms. The number of nitrogens with zero attached hydrogens (tertiary/aromatic N) is 2. The Labute approximate surface area is 391 Å². The minimum atomic E-state index is -1.58. The van der Waals surface area contributed by atoms with Crippen molar-refractivity contribution in [2.75, 3.05) is 26.2 Å². The zero-order chi connectivity index (χ0) is 51.3. The van der Waals surface area contributed by atoms with E-state index in [1.54, 1.807) is 55.4 Å². The standard InChI is InChI=1S/C42H75N13O12/c1-20(2)17-26(41(66)67)51-34(59)25(13-14-29(44)57)50-37(62)31(21(3)4)53-39(64)33(23(7)8)54-38(63)32(22(5)6)52-35(60)27(19-56)49-30(58)18-48-36(61)28-12-10-16-55(28)40(65)24(43)11-9-15-47-42(45)46/h20-28,31-33,56H,9-19,43H2,1-8H3,(H2,44,57)(H,48,61)(H,49,58)(H,50,62)(H,51,59)(H,52,60)(H,53,64)(H,54,63)(H,66,67)(H4,45,46,47)/t24-,25-,26-,27-,28-,31-,32-,33-/m0/s1. The van der Waals surface area contributed by atoms with E-state index in [2.05, 4.69) is 42.2 Å². The van der Waals surface area contributed by atoms with Crippen LogP contribution in [0.15, 0.2) is 4.99 Å². The molecule has 1 aliphatic heterocycles. The Morgan fingerprint density at radius 2 is 1.16 bits per heavy atom. The second-order valence-corrected chi connectivity index (χ2v) is 18.1. The van der Waals surface area contributed by atoms with Crippen LogP contribution in [0.1, 0.15) is 100 Å². The van der Waals surface area contributed by atoms with Gasteiger partial charge in [0.2, 0.25) is 53.2 Å². The number of nitrogens with one attached hydrogen (secondary N) is 7. The van der Waals surface area contributed by atoms with Gasteiger partial charge in [0, 0.05) is 19.5 Å². The molecular formula is C42H75N13O12. The average Bonchev–Trinajstić information content (AvgIpc) is 3.73. The van der Waals surface area contributed by atoms with E-state index in [1.807, 2.05) is 0 Å². The molecule has 0 radical (unpaired) electrons. The highest BCUT2D eigenvalue weighted by molar-refractivity contribution is 5.98. The van der Waals surface area contributed by atoms with E-state index in [1.165, 1.54) is 4.90 Å². The maximum Gasteiger partial charge on any atom is 0.326 e. The van der Waals surface area contributed by atoms with Crippen molar-refractivity contribution in [3.05, 3.63) is 0 Å². The summed E-state index contributed by atoms with van der Waals surface area (Å²) in [4.78, 5) is 135. The van der Waals surface area contributed by atoms with Crippen molar-refractivity contribution >= 4 is 65.1 Å². The van der Waals surface area contributed by atoms with Crippen molar-refractivity contribution in [2.45, 2.75) is 149 Å². The van der Waals surface area contributed by atoms with Gasteiger partial charge >= 0.3 is 5.97 Å². The van der Waals surface area contributed by atoms with Gasteiger partial charge in [-0.05, 0) is 62.2 Å². The number of rotatable bonds is 29. The van der Waals surface area contributed by atoms with Gasteiger partial charge in [0.1, 0.15) is 42.3 Å². The van der Waals surface area contributed by atoms with E-state index in [-0.39, 0.29) is 50.7 Å². The number of aliphatic carboxylic acids is 1. The van der Waals surface area contributed by atoms with Gasteiger partial charge in [-0.25, -0.2) is 4.79 Å². The number of aliphatic hydroxyl groups is 1. The molecule has 0 aromatic heterocycles. The summed E-state index contributed by atoms with van der Waals surface area (Å²) < 4.78 is 0. The Bertz CT molecular complexity index is 1770. The maximum absolute atomic E-state index is 13.8. The maximum atomic E-state index is 13.8. The molecule has 380 valence electrons. The highest BCUT2D eigenvalue weighted by atomic mass is 16.4. The summed E-state index contributed by atoms with van der Waals surface area (Å²) in [5, 5.41) is 37.0. The van der Waals surface area contributed by atoms with E-state index in [9.17, 15) is 58.2 Å². The first kappa shape index (κ1) is 58.9. The third-order valence-electron chi connectivity index (χ3n) is 10.8. The molecule has 17 N–H and O–H groups in total. The minimum absolute atomic E-state index is 0.0837. The first-order chi connectivity index (χ1) is 31.2. The van der Waals surface area contributed by atoms with Gasteiger partial charge < -0.3 is 75.3 Å². The zero-order valence-electron chi connectivity index (χ0n) is 39.9. The highest BCUT2D eigenvalue weighted by Gasteiger charge is 2.38. The van der Waals surface area contributed by atoms with Crippen molar-refractivity contribution in [2.24, 2.45) is 51.6 Å². The SMILES string of the molecule is CC(C)C[C@H](NC(=O)[C@H](CCC(N)=O)NC(=O)[C@@H](NC(=O)[C@@H](NC(=O)[C@@H](NC(=O)[C@H](CO)NC(=O)CNC(=O)[C@@H]1CCCN1C(=O)[C@@H](N)CCCN=C(N)N)C(C)C)C(C)C)C(C)C)C(=O)O. The number of guanidine groups is 1. The number of carbonyl (C=O) groups is 10. The Morgan fingerprint density at radius 1 is 0.672 bits per heavy atom. The molecule has 0 spiro atoms. The Morgan fingerprint density at radius 3 is 1.63 bits per heavy atom. The number of carboxylic acid groups (broad SMARTS) is 1. The number of likely N-dealkylation sites (tertiary alicyclic amines) is 1. The lowest BCUT2D eigenvalue weighted by molar-refractivity contribution is -0.143. The normalized spacial score (nSPS) is 16.7. The molecule has 8 atom stereocenters. The van der Waals surface area contributed by atoms with E-state index in [4.69, 9.17) is 22.9 Å². The molecule has 25 heteroatoms. The summed E-state index contributed by atoms with van der Waals surface area (Å²) in [6, 6.07) is -9.95. The Kier molecular flexibility index (Phi) is 25.3. The van der Waals surface area contributed by atoms with Crippen LogP contribution >= 0.6 is 0 Å². The molecule has 1 rings (SSSR count). The van der Waals surface area contributed by atoms with Crippen LogP contribution in [0.3, 0.4) is 0 Å². The van der Waals surface area contributed by atoms with Gasteiger partial charge in [0.05, 0.1) is 19.2 Å². The number of primary amides is 1. The molecule has 1 heterocycles. The second kappa shape index (κ2) is 28.8. The fourth-order valence-electron chi connectivity index (χ4n) is 7.01. The van der Waals surface area contributed by atoms with E-state index in [0.29, 0.717) is 19.3 Å². The number of nitrogens with two attached hydrogens (primary N) is 4. The first-order valence-corrected chi connectivity index (χ1v) is 22.5. The van der Waals surface area contributed by atoms with Crippen LogP contribution in [-0.2, 0) is 47.9 Å². The van der Waals surface area contributed by atoms with E-state index < -0.39 is 138 Å². The van der Waals surface area contributed by atoms with Crippen LogP contribution in [0.5, 0.6) is 0 Å². The molecule has 25 nitrogen and oxygen atoms in total. The Hall–Kier alpha value is -6.11. The quantitative estimate of drug-likeness (QED) is 0.0192. The first-order valence-electron chi connectivity index (χ1n) is 22.5. The number of hydrogen-bond acceptors (Lipinski definition) is 13. The summed E-state index contributed by atoms with van der Waals surface area (Å²) >= 11 is 0. The largest absolute Gasteiger partial charge is 0.480 e. The molecule has 0 aliphatic carbocycles. The van der Waals surface area contributed by atoms with Gasteiger partial charge in [-0.1, -0.05) is 55.4 Å². The third-order valence-corrected chi connectivity index (χ3v) is 10.8. The highest BCUT2D eigenvalue weighted by Crippen LogP contribution is 2.19. The third kappa shape index (κ3) is 20.5. The van der Waals surface area contributed by atoms with Crippen LogP contribution in [0.4, 0.5) is 0 Å². The summed E-state index contributed by atoms with van der Waals surface area (Å²) in [5.74, 6) is -10.3. The van der Waals surface area contributed by atoms with Crippen LogP contribution in [0, 0.1) is 23.7 Å². The summed E-state index contributed by atoms with van der Waals surface area (Å²) in [6.45, 7) is 12.2. The number of aliphatic imine (C=N–C) groups is 1. The number of carboxylic acids is 1. The number of amides is 9. The summed E-state index contributed by atoms with van der Waals surface area (Å²) in [5.41, 5.74) is 22.0. The molecule has 1 fully saturated rings. The predicted molar refractivity (Wildman–Crippen MR) is 244 cm³/mol. The molecular weight excluding hydrogens is 879 g/mol. The molecule has 0 aromatic rings. The van der Waals surface area contributed by atoms with Gasteiger partial charge in [-0.15, -0.1) is 0 Å². The van der Waals surface area contributed by atoms with Crippen molar-refractivity contribution in [3.63, 3.8) is 0 Å². The lowest BCUT2D eigenvalue weighted by atomic mass is 9.97.